The van der Waals surface area contributed by atoms with Crippen LogP contribution in [0, 0.1) is 11.6 Å². The van der Waals surface area contributed by atoms with Crippen LogP contribution in [0.4, 0.5) is 8.78 Å². The average Bonchev–Trinajstić information content (AvgIpc) is 2.38. The summed E-state index contributed by atoms with van der Waals surface area (Å²) in [6.07, 6.45) is 9.25. The summed E-state index contributed by atoms with van der Waals surface area (Å²) < 4.78 is 26.9. The summed E-state index contributed by atoms with van der Waals surface area (Å²) in [4.78, 5) is 0. The molecule has 19 heavy (non-hydrogen) atoms. The predicted molar refractivity (Wildman–Crippen MR) is 81.7 cm³/mol. The second-order valence-corrected chi connectivity index (χ2v) is 7.45. The maximum absolute atomic E-state index is 13.9. The second-order valence-electron chi connectivity index (χ2n) is 5.00. The number of halogens is 2. The monoisotopic (exact) mass is 286 g/mol. The van der Waals surface area contributed by atoms with Gasteiger partial charge in [0.25, 0.3) is 0 Å². The first-order valence-corrected chi connectivity index (χ1v) is 9.10. The Morgan fingerprint density at radius 2 is 1.47 bits per heavy atom. The van der Waals surface area contributed by atoms with E-state index in [1.54, 1.807) is 6.07 Å². The first-order valence-electron chi connectivity index (χ1n) is 7.39. The van der Waals surface area contributed by atoms with E-state index in [0.29, 0.717) is 0 Å². The zero-order valence-corrected chi connectivity index (χ0v) is 13.0. The molecule has 0 amide bonds. The maximum atomic E-state index is 13.9. The van der Waals surface area contributed by atoms with Gasteiger partial charge in [0.05, 0.1) is 0 Å². The Labute approximate surface area is 117 Å². The van der Waals surface area contributed by atoms with Gasteiger partial charge >= 0.3 is 0 Å². The molecule has 0 radical (unpaired) electrons. The highest BCUT2D eigenvalue weighted by Gasteiger charge is 2.15. The van der Waals surface area contributed by atoms with Crippen molar-refractivity contribution in [2.45, 2.75) is 52.4 Å². The zero-order valence-electron chi connectivity index (χ0n) is 12.1. The highest BCUT2D eigenvalue weighted by atomic mass is 31.1. The number of hydrogen-bond acceptors (Lipinski definition) is 0. The van der Waals surface area contributed by atoms with E-state index in [2.05, 4.69) is 13.8 Å². The standard InChI is InChI=1S/C16H25F2P/c1-3-5-7-11-19(12-8-6-4-2)16-10-9-14(17)13-15(16)18/h9-10,13H,3-8,11-12H2,1-2H3. The lowest BCUT2D eigenvalue weighted by Crippen LogP contribution is -2.11. The van der Waals surface area contributed by atoms with E-state index in [9.17, 15) is 8.78 Å². The molecule has 0 spiro atoms. The van der Waals surface area contributed by atoms with Crippen molar-refractivity contribution in [3.8, 4) is 0 Å². The van der Waals surface area contributed by atoms with Crippen LogP contribution in [0.1, 0.15) is 52.4 Å². The Morgan fingerprint density at radius 3 is 1.95 bits per heavy atom. The van der Waals surface area contributed by atoms with Crippen molar-refractivity contribution < 1.29 is 8.78 Å². The molecular weight excluding hydrogens is 261 g/mol. The topological polar surface area (TPSA) is 0 Å². The molecule has 108 valence electrons. The van der Waals surface area contributed by atoms with Crippen LogP contribution in [0.3, 0.4) is 0 Å². The Hall–Kier alpha value is -0.490. The summed E-state index contributed by atoms with van der Waals surface area (Å²) in [5, 5.41) is 0.767. The molecule has 3 heteroatoms. The Morgan fingerprint density at radius 1 is 0.895 bits per heavy atom. The quantitative estimate of drug-likeness (QED) is 0.418. The van der Waals surface area contributed by atoms with Gasteiger partial charge in [0.1, 0.15) is 11.6 Å². The summed E-state index contributed by atoms with van der Waals surface area (Å²) in [6.45, 7) is 4.36. The van der Waals surface area contributed by atoms with Gasteiger partial charge in [0.2, 0.25) is 0 Å². The minimum atomic E-state index is -0.474. The van der Waals surface area contributed by atoms with Crippen LogP contribution in [0.5, 0.6) is 0 Å². The van der Waals surface area contributed by atoms with Crippen molar-refractivity contribution in [1.82, 2.24) is 0 Å². The average molecular weight is 286 g/mol. The van der Waals surface area contributed by atoms with Crippen LogP contribution < -0.4 is 5.30 Å². The smallest absolute Gasteiger partial charge is 0.133 e. The van der Waals surface area contributed by atoms with E-state index in [-0.39, 0.29) is 5.82 Å². The molecule has 1 aromatic carbocycles. The fourth-order valence-corrected chi connectivity index (χ4v) is 4.76. The van der Waals surface area contributed by atoms with E-state index in [4.69, 9.17) is 0 Å². The van der Waals surface area contributed by atoms with Crippen molar-refractivity contribution >= 4 is 13.2 Å². The molecule has 0 aliphatic carbocycles. The fraction of sp³-hybridized carbons (Fsp3) is 0.625. The number of unbranched alkanes of at least 4 members (excludes halogenated alkanes) is 4. The molecule has 1 aromatic rings. The summed E-state index contributed by atoms with van der Waals surface area (Å²) in [5.41, 5.74) is 0. The molecule has 0 nitrogen and oxygen atoms in total. The minimum absolute atomic E-state index is 0.348. The summed E-state index contributed by atoms with van der Waals surface area (Å²) in [5.74, 6) is -0.822. The Kier molecular flexibility index (Phi) is 8.21. The van der Waals surface area contributed by atoms with Gasteiger partial charge in [-0.25, -0.2) is 8.78 Å². The van der Waals surface area contributed by atoms with Crippen LogP contribution in [0.25, 0.3) is 0 Å². The van der Waals surface area contributed by atoms with E-state index < -0.39 is 13.7 Å². The van der Waals surface area contributed by atoms with Gasteiger partial charge in [-0.05, 0) is 37.3 Å². The van der Waals surface area contributed by atoms with Crippen LogP contribution in [-0.4, -0.2) is 12.3 Å². The first kappa shape index (κ1) is 16.6. The largest absolute Gasteiger partial charge is 0.207 e. The highest BCUT2D eigenvalue weighted by Crippen LogP contribution is 2.38. The van der Waals surface area contributed by atoms with Crippen molar-refractivity contribution in [2.24, 2.45) is 0 Å². The molecule has 1 rings (SSSR count). The lowest BCUT2D eigenvalue weighted by atomic mass is 10.3. The molecule has 0 atom stereocenters. The molecule has 0 unspecified atom stereocenters. The predicted octanol–water partition coefficient (Wildman–Crippen LogP) is 5.45. The van der Waals surface area contributed by atoms with Gasteiger partial charge < -0.3 is 0 Å². The van der Waals surface area contributed by atoms with Crippen LogP contribution >= 0.6 is 7.92 Å². The summed E-state index contributed by atoms with van der Waals surface area (Å²) in [6, 6.07) is 4.09. The van der Waals surface area contributed by atoms with Gasteiger partial charge in [-0.1, -0.05) is 47.5 Å². The normalized spacial score (nSPS) is 11.2. The van der Waals surface area contributed by atoms with E-state index in [0.717, 1.165) is 36.5 Å². The third-order valence-electron chi connectivity index (χ3n) is 3.31. The maximum Gasteiger partial charge on any atom is 0.133 e. The zero-order chi connectivity index (χ0) is 14.1. The van der Waals surface area contributed by atoms with Gasteiger partial charge in [0.15, 0.2) is 0 Å². The first-order chi connectivity index (χ1) is 9.19. The van der Waals surface area contributed by atoms with Gasteiger partial charge in [-0.2, -0.15) is 0 Å². The Bertz CT molecular complexity index is 356. The molecule has 0 saturated carbocycles. The third-order valence-corrected chi connectivity index (χ3v) is 6.07. The molecule has 0 saturated heterocycles. The summed E-state index contributed by atoms with van der Waals surface area (Å²) in [7, 11) is -0.454. The molecule has 0 aromatic heterocycles. The van der Waals surface area contributed by atoms with Crippen molar-refractivity contribution in [2.75, 3.05) is 12.3 Å². The fourth-order valence-electron chi connectivity index (χ4n) is 2.20. The van der Waals surface area contributed by atoms with E-state index in [1.807, 2.05) is 0 Å². The molecule has 0 fully saturated rings. The van der Waals surface area contributed by atoms with E-state index >= 15 is 0 Å². The molecule has 0 aliphatic rings. The summed E-state index contributed by atoms with van der Waals surface area (Å²) >= 11 is 0. The van der Waals surface area contributed by atoms with Gasteiger partial charge in [0, 0.05) is 11.4 Å². The number of rotatable bonds is 9. The van der Waals surface area contributed by atoms with Crippen molar-refractivity contribution in [1.29, 1.82) is 0 Å². The number of benzene rings is 1. The lowest BCUT2D eigenvalue weighted by Gasteiger charge is -2.18. The van der Waals surface area contributed by atoms with Crippen LogP contribution in [0.2, 0.25) is 0 Å². The Balaban J connectivity index is 2.69. The van der Waals surface area contributed by atoms with Crippen LogP contribution in [0.15, 0.2) is 18.2 Å². The third kappa shape index (κ3) is 5.99. The second kappa shape index (κ2) is 9.42. The highest BCUT2D eigenvalue weighted by molar-refractivity contribution is 7.65. The molecule has 0 heterocycles. The number of hydrogen-bond donors (Lipinski definition) is 0. The van der Waals surface area contributed by atoms with E-state index in [1.165, 1.54) is 31.7 Å². The minimum Gasteiger partial charge on any atom is -0.207 e. The molecule has 0 N–H and O–H groups in total. The lowest BCUT2D eigenvalue weighted by molar-refractivity contribution is 0.588. The molecule has 0 aliphatic heterocycles. The molecule has 0 bridgehead atoms. The van der Waals surface area contributed by atoms with Gasteiger partial charge in [-0.3, -0.25) is 0 Å². The van der Waals surface area contributed by atoms with Crippen molar-refractivity contribution in [3.05, 3.63) is 29.8 Å². The van der Waals surface area contributed by atoms with Gasteiger partial charge in [-0.15, -0.1) is 0 Å². The van der Waals surface area contributed by atoms with Crippen molar-refractivity contribution in [3.63, 3.8) is 0 Å². The molecular formula is C16H25F2P. The SMILES string of the molecule is CCCCCP(CCCCC)c1ccc(F)cc1F. The van der Waals surface area contributed by atoms with Crippen LogP contribution in [-0.2, 0) is 0 Å².